The third-order valence-electron chi connectivity index (χ3n) is 1.78. The smallest absolute Gasteiger partial charge is 0.209 e. The molecule has 0 aliphatic carbocycles. The number of nitrogens with zero attached hydrogens (tertiary/aromatic N) is 1. The molecule has 0 N–H and O–H groups in total. The molecular formula is C10H21NO3. The van der Waals surface area contributed by atoms with Crippen LogP contribution >= 0.6 is 0 Å². The van der Waals surface area contributed by atoms with E-state index in [1.165, 1.54) is 0 Å². The molecule has 0 unspecified atom stereocenters. The molecule has 0 spiro atoms. The molecule has 0 aromatic rings. The predicted octanol–water partition coefficient (Wildman–Crippen LogP) is 0.908. The van der Waals surface area contributed by atoms with E-state index in [2.05, 4.69) is 6.92 Å². The van der Waals surface area contributed by atoms with Gasteiger partial charge in [-0.15, -0.1) is 0 Å². The van der Waals surface area contributed by atoms with Gasteiger partial charge in [-0.1, -0.05) is 13.3 Å². The number of carbonyl (C=O) groups is 1. The van der Waals surface area contributed by atoms with E-state index in [1.54, 1.807) is 11.9 Å². The maximum absolute atomic E-state index is 10.2. The predicted molar refractivity (Wildman–Crippen MR) is 55.2 cm³/mol. The van der Waals surface area contributed by atoms with Crippen molar-refractivity contribution < 1.29 is 14.3 Å². The van der Waals surface area contributed by atoms with Gasteiger partial charge >= 0.3 is 0 Å². The van der Waals surface area contributed by atoms with E-state index >= 15 is 0 Å². The van der Waals surface area contributed by atoms with Crippen molar-refractivity contribution in [1.82, 2.24) is 4.90 Å². The summed E-state index contributed by atoms with van der Waals surface area (Å²) >= 11 is 0. The van der Waals surface area contributed by atoms with E-state index in [0.717, 1.165) is 25.9 Å². The van der Waals surface area contributed by atoms with Crippen LogP contribution < -0.4 is 0 Å². The van der Waals surface area contributed by atoms with Gasteiger partial charge in [0.2, 0.25) is 6.41 Å². The Labute approximate surface area is 86.2 Å². The van der Waals surface area contributed by atoms with Crippen molar-refractivity contribution in [3.63, 3.8) is 0 Å². The SMILES string of the molecule is CCCCOCCOCCN(C)C=O. The minimum Gasteiger partial charge on any atom is -0.379 e. The molecule has 0 aliphatic rings. The molecule has 0 aromatic heterocycles. The zero-order valence-corrected chi connectivity index (χ0v) is 9.20. The van der Waals surface area contributed by atoms with Gasteiger partial charge < -0.3 is 14.4 Å². The van der Waals surface area contributed by atoms with Crippen molar-refractivity contribution in [2.45, 2.75) is 19.8 Å². The van der Waals surface area contributed by atoms with Crippen molar-refractivity contribution in [3.8, 4) is 0 Å². The third-order valence-corrected chi connectivity index (χ3v) is 1.78. The average molecular weight is 203 g/mol. The standard InChI is InChI=1S/C10H21NO3/c1-3-4-6-13-8-9-14-7-5-11(2)10-12/h10H,3-9H2,1-2H3. The van der Waals surface area contributed by atoms with E-state index in [1.807, 2.05) is 0 Å². The number of ether oxygens (including phenoxy) is 2. The number of hydrogen-bond acceptors (Lipinski definition) is 3. The van der Waals surface area contributed by atoms with Gasteiger partial charge in [0.15, 0.2) is 0 Å². The van der Waals surface area contributed by atoms with Crippen molar-refractivity contribution in [2.24, 2.45) is 0 Å². The minimum absolute atomic E-state index is 0.576. The van der Waals surface area contributed by atoms with Crippen LogP contribution in [0.1, 0.15) is 19.8 Å². The van der Waals surface area contributed by atoms with Crippen LogP contribution in [0.3, 0.4) is 0 Å². The molecule has 4 heteroatoms. The molecule has 0 saturated heterocycles. The third kappa shape index (κ3) is 9.48. The second-order valence-corrected chi connectivity index (χ2v) is 3.16. The Hall–Kier alpha value is -0.610. The van der Waals surface area contributed by atoms with E-state index in [4.69, 9.17) is 9.47 Å². The average Bonchev–Trinajstić information content (AvgIpc) is 2.21. The second kappa shape index (κ2) is 10.5. The van der Waals surface area contributed by atoms with Crippen LogP contribution in [0.5, 0.6) is 0 Å². The zero-order valence-electron chi connectivity index (χ0n) is 9.20. The topological polar surface area (TPSA) is 38.8 Å². The molecule has 0 atom stereocenters. The molecule has 0 bridgehead atoms. The van der Waals surface area contributed by atoms with Crippen molar-refractivity contribution in [2.75, 3.05) is 40.0 Å². The summed E-state index contributed by atoms with van der Waals surface area (Å²) in [6.07, 6.45) is 3.06. The molecule has 0 saturated carbocycles. The Morgan fingerprint density at radius 3 is 2.36 bits per heavy atom. The number of hydrogen-bond donors (Lipinski definition) is 0. The molecule has 1 amide bonds. The summed E-state index contributed by atoms with van der Waals surface area (Å²) in [6, 6.07) is 0. The van der Waals surface area contributed by atoms with Crippen LogP contribution in [0.4, 0.5) is 0 Å². The molecule has 0 aliphatic heterocycles. The molecule has 14 heavy (non-hydrogen) atoms. The Morgan fingerprint density at radius 1 is 1.14 bits per heavy atom. The number of unbranched alkanes of at least 4 members (excludes halogenated alkanes) is 1. The fourth-order valence-electron chi connectivity index (χ4n) is 0.830. The molecule has 0 fully saturated rings. The first-order valence-corrected chi connectivity index (χ1v) is 5.12. The lowest BCUT2D eigenvalue weighted by atomic mass is 10.4. The molecule has 84 valence electrons. The molecule has 0 aromatic carbocycles. The van der Waals surface area contributed by atoms with Crippen LogP contribution in [-0.4, -0.2) is 51.3 Å². The quantitative estimate of drug-likeness (QED) is 0.391. The summed E-state index contributed by atoms with van der Waals surface area (Å²) in [5, 5.41) is 0. The summed E-state index contributed by atoms with van der Waals surface area (Å²) < 4.78 is 10.6. The van der Waals surface area contributed by atoms with Crippen molar-refractivity contribution >= 4 is 6.41 Å². The summed E-state index contributed by atoms with van der Waals surface area (Å²) in [5.74, 6) is 0. The lowest BCUT2D eigenvalue weighted by Crippen LogP contribution is -2.22. The van der Waals surface area contributed by atoms with Gasteiger partial charge in [-0.05, 0) is 6.42 Å². The van der Waals surface area contributed by atoms with Gasteiger partial charge in [-0.25, -0.2) is 0 Å². The van der Waals surface area contributed by atoms with Crippen molar-refractivity contribution in [1.29, 1.82) is 0 Å². The number of carbonyl (C=O) groups excluding carboxylic acids is 1. The van der Waals surface area contributed by atoms with Crippen LogP contribution in [0, 0.1) is 0 Å². The van der Waals surface area contributed by atoms with E-state index in [9.17, 15) is 4.79 Å². The van der Waals surface area contributed by atoms with Crippen LogP contribution in [0.2, 0.25) is 0 Å². The largest absolute Gasteiger partial charge is 0.379 e. The summed E-state index contributed by atoms with van der Waals surface area (Å²) in [5.41, 5.74) is 0. The van der Waals surface area contributed by atoms with Gasteiger partial charge in [-0.2, -0.15) is 0 Å². The normalized spacial score (nSPS) is 10.1. The van der Waals surface area contributed by atoms with Crippen LogP contribution in [-0.2, 0) is 14.3 Å². The Kier molecular flexibility index (Phi) is 10.0. The number of rotatable bonds is 10. The lowest BCUT2D eigenvalue weighted by molar-refractivity contribution is -0.117. The second-order valence-electron chi connectivity index (χ2n) is 3.16. The zero-order chi connectivity index (χ0) is 10.6. The van der Waals surface area contributed by atoms with Gasteiger partial charge in [0.25, 0.3) is 0 Å². The maximum Gasteiger partial charge on any atom is 0.209 e. The van der Waals surface area contributed by atoms with Crippen molar-refractivity contribution in [3.05, 3.63) is 0 Å². The van der Waals surface area contributed by atoms with Gasteiger partial charge in [-0.3, -0.25) is 4.79 Å². The molecular weight excluding hydrogens is 182 g/mol. The van der Waals surface area contributed by atoms with Gasteiger partial charge in [0.05, 0.1) is 19.8 Å². The van der Waals surface area contributed by atoms with Crippen LogP contribution in [0.15, 0.2) is 0 Å². The summed E-state index contributed by atoms with van der Waals surface area (Å²) in [6.45, 7) is 5.41. The maximum atomic E-state index is 10.2. The first kappa shape index (κ1) is 13.4. The Bertz CT molecular complexity index is 131. The summed E-state index contributed by atoms with van der Waals surface area (Å²) in [7, 11) is 1.73. The van der Waals surface area contributed by atoms with E-state index in [-0.39, 0.29) is 0 Å². The van der Waals surface area contributed by atoms with Gasteiger partial charge in [0, 0.05) is 20.2 Å². The highest BCUT2D eigenvalue weighted by Crippen LogP contribution is 1.87. The molecule has 4 nitrogen and oxygen atoms in total. The fraction of sp³-hybridized carbons (Fsp3) is 0.900. The highest BCUT2D eigenvalue weighted by molar-refractivity contribution is 5.46. The monoisotopic (exact) mass is 203 g/mol. The fourth-order valence-corrected chi connectivity index (χ4v) is 0.830. The Morgan fingerprint density at radius 2 is 1.79 bits per heavy atom. The highest BCUT2D eigenvalue weighted by Gasteiger charge is 1.93. The molecule has 0 rings (SSSR count). The van der Waals surface area contributed by atoms with E-state index < -0.39 is 0 Å². The number of likely N-dealkylation sites (N-methyl/N-ethyl adjacent to an activating group) is 1. The van der Waals surface area contributed by atoms with Gasteiger partial charge in [0.1, 0.15) is 0 Å². The first-order chi connectivity index (χ1) is 6.81. The molecule has 0 radical (unpaired) electrons. The Balaban J connectivity index is 2.95. The minimum atomic E-state index is 0.576. The summed E-state index contributed by atoms with van der Waals surface area (Å²) in [4.78, 5) is 11.7. The van der Waals surface area contributed by atoms with E-state index in [0.29, 0.717) is 26.4 Å². The van der Waals surface area contributed by atoms with Crippen LogP contribution in [0.25, 0.3) is 0 Å². The highest BCUT2D eigenvalue weighted by atomic mass is 16.5. The number of amides is 1. The lowest BCUT2D eigenvalue weighted by Gasteiger charge is -2.10. The first-order valence-electron chi connectivity index (χ1n) is 5.12. The molecule has 0 heterocycles.